The molecule has 16 heavy (non-hydrogen) atoms. The second-order valence-corrected chi connectivity index (χ2v) is 3.93. The van der Waals surface area contributed by atoms with Gasteiger partial charge in [-0.05, 0) is 24.6 Å². The number of nitrogens with two attached hydrogens (primary N) is 1. The molecule has 0 bridgehead atoms. The number of ether oxygens (including phenoxy) is 1. The van der Waals surface area contributed by atoms with Crippen LogP contribution in [0.2, 0.25) is 5.02 Å². The Morgan fingerprint density at radius 1 is 1.44 bits per heavy atom. The molecule has 4 heteroatoms. The van der Waals surface area contributed by atoms with Gasteiger partial charge in [0.25, 0.3) is 0 Å². The molecule has 0 aliphatic heterocycles. The van der Waals surface area contributed by atoms with Gasteiger partial charge >= 0.3 is 0 Å². The molecule has 0 amide bonds. The van der Waals surface area contributed by atoms with Crippen LogP contribution in [0.5, 0.6) is 5.75 Å². The lowest BCUT2D eigenvalue weighted by Crippen LogP contribution is -1.95. The molecular formula is C12H13ClN2O. The standard InChI is InChI=1S/C12H13ClN2O/c1-2-5-16-8-3-4-11-9(6-8)12(13)10(14)7-15-11/h3-4,6-7H,2,5,14H2,1H3. The van der Waals surface area contributed by atoms with Crippen LogP contribution in [0.25, 0.3) is 10.9 Å². The van der Waals surface area contributed by atoms with Gasteiger partial charge in [-0.1, -0.05) is 18.5 Å². The van der Waals surface area contributed by atoms with E-state index in [2.05, 4.69) is 11.9 Å². The van der Waals surface area contributed by atoms with Crippen LogP contribution in [-0.2, 0) is 0 Å². The van der Waals surface area contributed by atoms with Crippen LogP contribution >= 0.6 is 11.6 Å². The summed E-state index contributed by atoms with van der Waals surface area (Å²) in [6.45, 7) is 2.76. The van der Waals surface area contributed by atoms with Gasteiger partial charge in [-0.3, -0.25) is 4.98 Å². The van der Waals surface area contributed by atoms with E-state index in [0.717, 1.165) is 23.1 Å². The molecule has 0 unspecified atom stereocenters. The van der Waals surface area contributed by atoms with Crippen molar-refractivity contribution in [3.05, 3.63) is 29.4 Å². The van der Waals surface area contributed by atoms with Gasteiger partial charge in [0.15, 0.2) is 0 Å². The van der Waals surface area contributed by atoms with Crippen LogP contribution in [0.15, 0.2) is 24.4 Å². The van der Waals surface area contributed by atoms with Gasteiger partial charge in [0.2, 0.25) is 0 Å². The van der Waals surface area contributed by atoms with Crippen molar-refractivity contribution >= 4 is 28.2 Å². The molecule has 0 aliphatic carbocycles. The van der Waals surface area contributed by atoms with Gasteiger partial charge < -0.3 is 10.5 Å². The lowest BCUT2D eigenvalue weighted by Gasteiger charge is -2.07. The molecule has 0 aliphatic rings. The SMILES string of the molecule is CCCOc1ccc2ncc(N)c(Cl)c2c1. The number of halogens is 1. The van der Waals surface area contributed by atoms with Gasteiger partial charge in [0.1, 0.15) is 5.75 Å². The molecule has 0 fully saturated rings. The Kier molecular flexibility index (Phi) is 3.15. The first kappa shape index (κ1) is 11.0. The second-order valence-electron chi connectivity index (χ2n) is 3.55. The number of anilines is 1. The Morgan fingerprint density at radius 2 is 2.25 bits per heavy atom. The van der Waals surface area contributed by atoms with Crippen molar-refractivity contribution in [1.82, 2.24) is 4.98 Å². The number of nitrogens with zero attached hydrogens (tertiary/aromatic N) is 1. The van der Waals surface area contributed by atoms with Crippen LogP contribution in [0.1, 0.15) is 13.3 Å². The lowest BCUT2D eigenvalue weighted by atomic mass is 10.2. The molecule has 0 atom stereocenters. The van der Waals surface area contributed by atoms with Crippen molar-refractivity contribution in [2.75, 3.05) is 12.3 Å². The predicted molar refractivity (Wildman–Crippen MR) is 67.0 cm³/mol. The zero-order chi connectivity index (χ0) is 11.5. The third-order valence-electron chi connectivity index (χ3n) is 2.27. The largest absolute Gasteiger partial charge is 0.494 e. The fraction of sp³-hybridized carbons (Fsp3) is 0.250. The fourth-order valence-electron chi connectivity index (χ4n) is 1.46. The number of fused-ring (bicyclic) bond motifs is 1. The van der Waals surface area contributed by atoms with Gasteiger partial charge in [-0.2, -0.15) is 0 Å². The molecule has 0 spiro atoms. The Labute approximate surface area is 99.2 Å². The molecule has 84 valence electrons. The summed E-state index contributed by atoms with van der Waals surface area (Å²) in [5.41, 5.74) is 7.01. The molecule has 0 radical (unpaired) electrons. The molecule has 2 rings (SSSR count). The van der Waals surface area contributed by atoms with Crippen LogP contribution in [0.4, 0.5) is 5.69 Å². The maximum absolute atomic E-state index is 6.11. The summed E-state index contributed by atoms with van der Waals surface area (Å²) < 4.78 is 5.53. The molecular weight excluding hydrogens is 224 g/mol. The van der Waals surface area contributed by atoms with Crippen molar-refractivity contribution in [2.45, 2.75) is 13.3 Å². The van der Waals surface area contributed by atoms with E-state index in [9.17, 15) is 0 Å². The first-order valence-corrected chi connectivity index (χ1v) is 5.56. The van der Waals surface area contributed by atoms with E-state index in [1.165, 1.54) is 0 Å². The Balaban J connectivity index is 2.47. The minimum absolute atomic E-state index is 0.488. The summed E-state index contributed by atoms with van der Waals surface area (Å²) in [4.78, 5) is 4.20. The summed E-state index contributed by atoms with van der Waals surface area (Å²) in [5.74, 6) is 0.795. The van der Waals surface area contributed by atoms with Crippen LogP contribution in [0.3, 0.4) is 0 Å². The minimum Gasteiger partial charge on any atom is -0.494 e. The third kappa shape index (κ3) is 2.04. The number of aromatic nitrogens is 1. The van der Waals surface area contributed by atoms with Gasteiger partial charge in [-0.25, -0.2) is 0 Å². The summed E-state index contributed by atoms with van der Waals surface area (Å²) >= 11 is 6.11. The zero-order valence-electron chi connectivity index (χ0n) is 9.03. The average molecular weight is 237 g/mol. The van der Waals surface area contributed by atoms with Gasteiger partial charge in [-0.15, -0.1) is 0 Å². The lowest BCUT2D eigenvalue weighted by molar-refractivity contribution is 0.318. The van der Waals surface area contributed by atoms with Crippen molar-refractivity contribution in [1.29, 1.82) is 0 Å². The minimum atomic E-state index is 0.488. The number of nitrogen functional groups attached to an aromatic ring is 1. The third-order valence-corrected chi connectivity index (χ3v) is 2.70. The second kappa shape index (κ2) is 4.58. The van der Waals surface area contributed by atoms with E-state index < -0.39 is 0 Å². The normalized spacial score (nSPS) is 10.6. The van der Waals surface area contributed by atoms with E-state index in [4.69, 9.17) is 22.1 Å². The number of hydrogen-bond acceptors (Lipinski definition) is 3. The molecule has 2 N–H and O–H groups in total. The highest BCUT2D eigenvalue weighted by molar-refractivity contribution is 6.37. The Bertz CT molecular complexity index is 514. The van der Waals surface area contributed by atoms with E-state index in [1.54, 1.807) is 6.20 Å². The Hall–Kier alpha value is -1.48. The van der Waals surface area contributed by atoms with Crippen molar-refractivity contribution < 1.29 is 4.74 Å². The zero-order valence-corrected chi connectivity index (χ0v) is 9.79. The van der Waals surface area contributed by atoms with E-state index >= 15 is 0 Å². The number of benzene rings is 1. The molecule has 0 saturated carbocycles. The predicted octanol–water partition coefficient (Wildman–Crippen LogP) is 3.26. The topological polar surface area (TPSA) is 48.1 Å². The monoisotopic (exact) mass is 236 g/mol. The summed E-state index contributed by atoms with van der Waals surface area (Å²) in [6.07, 6.45) is 2.54. The first-order chi connectivity index (χ1) is 7.72. The van der Waals surface area contributed by atoms with Gasteiger partial charge in [0, 0.05) is 5.39 Å². The van der Waals surface area contributed by atoms with Gasteiger partial charge in [0.05, 0.1) is 29.0 Å². The molecule has 1 aromatic heterocycles. The smallest absolute Gasteiger partial charge is 0.120 e. The maximum Gasteiger partial charge on any atom is 0.120 e. The molecule has 2 aromatic rings. The van der Waals surface area contributed by atoms with Crippen LogP contribution in [-0.4, -0.2) is 11.6 Å². The average Bonchev–Trinajstić information content (AvgIpc) is 2.31. The highest BCUT2D eigenvalue weighted by atomic mass is 35.5. The number of pyridine rings is 1. The van der Waals surface area contributed by atoms with Crippen molar-refractivity contribution in [3.63, 3.8) is 0 Å². The van der Waals surface area contributed by atoms with Crippen LogP contribution in [0, 0.1) is 0 Å². The summed E-state index contributed by atoms with van der Waals surface area (Å²) in [7, 11) is 0. The quantitative estimate of drug-likeness (QED) is 0.890. The number of hydrogen-bond donors (Lipinski definition) is 1. The fourth-order valence-corrected chi connectivity index (χ4v) is 1.66. The van der Waals surface area contributed by atoms with E-state index in [1.807, 2.05) is 18.2 Å². The molecule has 1 aromatic carbocycles. The van der Waals surface area contributed by atoms with Crippen molar-refractivity contribution in [2.24, 2.45) is 0 Å². The first-order valence-electron chi connectivity index (χ1n) is 5.19. The molecule has 3 nitrogen and oxygen atoms in total. The highest BCUT2D eigenvalue weighted by Crippen LogP contribution is 2.30. The summed E-state index contributed by atoms with van der Waals surface area (Å²) in [6, 6.07) is 5.64. The number of rotatable bonds is 3. The van der Waals surface area contributed by atoms with E-state index in [-0.39, 0.29) is 0 Å². The summed E-state index contributed by atoms with van der Waals surface area (Å²) in [5, 5.41) is 1.36. The Morgan fingerprint density at radius 3 is 3.00 bits per heavy atom. The highest BCUT2D eigenvalue weighted by Gasteiger charge is 2.05. The van der Waals surface area contributed by atoms with E-state index in [0.29, 0.717) is 17.3 Å². The molecule has 1 heterocycles. The van der Waals surface area contributed by atoms with Crippen LogP contribution < -0.4 is 10.5 Å². The molecule has 0 saturated heterocycles. The maximum atomic E-state index is 6.11. The van der Waals surface area contributed by atoms with Crippen molar-refractivity contribution in [3.8, 4) is 5.75 Å².